The van der Waals surface area contributed by atoms with E-state index in [9.17, 15) is 5.11 Å². The molecule has 2 atom stereocenters. The molecule has 0 radical (unpaired) electrons. The smallest absolute Gasteiger partial charge is 0.108 e. The van der Waals surface area contributed by atoms with E-state index >= 15 is 0 Å². The van der Waals surface area contributed by atoms with E-state index in [-0.39, 0.29) is 0 Å². The van der Waals surface area contributed by atoms with Crippen LogP contribution in [0.1, 0.15) is 38.8 Å². The molecule has 1 fully saturated rings. The zero-order chi connectivity index (χ0) is 11.1. The van der Waals surface area contributed by atoms with Crippen molar-refractivity contribution in [1.29, 1.82) is 0 Å². The Morgan fingerprint density at radius 2 is 2.47 bits per heavy atom. The standard InChI is InChI=1S/C11H17BrN2O/c1-3-14-10(9(12)7-13-14)11(15)5-4-8(2)6-11/h7-8,15H,3-6H2,1-2H3. The summed E-state index contributed by atoms with van der Waals surface area (Å²) < 4.78 is 2.82. The van der Waals surface area contributed by atoms with Gasteiger partial charge >= 0.3 is 0 Å². The molecule has 3 nitrogen and oxygen atoms in total. The maximum atomic E-state index is 10.6. The van der Waals surface area contributed by atoms with E-state index in [2.05, 4.69) is 28.0 Å². The lowest BCUT2D eigenvalue weighted by Gasteiger charge is -2.24. The van der Waals surface area contributed by atoms with Crippen molar-refractivity contribution in [3.8, 4) is 0 Å². The molecule has 1 saturated carbocycles. The predicted molar refractivity (Wildman–Crippen MR) is 62.5 cm³/mol. The fourth-order valence-corrected chi connectivity index (χ4v) is 3.21. The lowest BCUT2D eigenvalue weighted by Crippen LogP contribution is -2.26. The van der Waals surface area contributed by atoms with Crippen LogP contribution in [0.3, 0.4) is 0 Å². The first-order valence-corrected chi connectivity index (χ1v) is 6.30. The molecule has 0 saturated heterocycles. The molecule has 1 aromatic heterocycles. The average Bonchev–Trinajstić information content (AvgIpc) is 2.71. The lowest BCUT2D eigenvalue weighted by atomic mass is 9.96. The van der Waals surface area contributed by atoms with Crippen LogP contribution >= 0.6 is 15.9 Å². The second-order valence-electron chi connectivity index (χ2n) is 4.54. The van der Waals surface area contributed by atoms with Gasteiger partial charge in [0.15, 0.2) is 0 Å². The van der Waals surface area contributed by atoms with Gasteiger partial charge in [0.25, 0.3) is 0 Å². The maximum Gasteiger partial charge on any atom is 0.108 e. The molecule has 0 bridgehead atoms. The van der Waals surface area contributed by atoms with E-state index in [1.165, 1.54) is 0 Å². The Bertz CT molecular complexity index is 363. The second-order valence-corrected chi connectivity index (χ2v) is 5.39. The zero-order valence-corrected chi connectivity index (χ0v) is 10.8. The summed E-state index contributed by atoms with van der Waals surface area (Å²) in [5.41, 5.74) is 0.277. The summed E-state index contributed by atoms with van der Waals surface area (Å²) in [6.07, 6.45) is 4.56. The fraction of sp³-hybridized carbons (Fsp3) is 0.727. The Morgan fingerprint density at radius 1 is 1.73 bits per heavy atom. The van der Waals surface area contributed by atoms with E-state index < -0.39 is 5.60 Å². The number of nitrogens with zero attached hydrogens (tertiary/aromatic N) is 2. The van der Waals surface area contributed by atoms with Crippen LogP contribution in [0.2, 0.25) is 0 Å². The zero-order valence-electron chi connectivity index (χ0n) is 9.20. The largest absolute Gasteiger partial charge is 0.384 e. The third-order valence-electron chi connectivity index (χ3n) is 3.27. The van der Waals surface area contributed by atoms with E-state index in [4.69, 9.17) is 0 Å². The molecule has 15 heavy (non-hydrogen) atoms. The molecular weight excluding hydrogens is 256 g/mol. The van der Waals surface area contributed by atoms with Gasteiger partial charge in [-0.15, -0.1) is 0 Å². The van der Waals surface area contributed by atoms with Crippen molar-refractivity contribution in [1.82, 2.24) is 9.78 Å². The Morgan fingerprint density at radius 3 is 3.00 bits per heavy atom. The van der Waals surface area contributed by atoms with Gasteiger partial charge in [0.2, 0.25) is 0 Å². The number of aryl methyl sites for hydroxylation is 1. The lowest BCUT2D eigenvalue weighted by molar-refractivity contribution is 0.0308. The summed E-state index contributed by atoms with van der Waals surface area (Å²) in [5.74, 6) is 0.599. The summed E-state index contributed by atoms with van der Waals surface area (Å²) in [6, 6.07) is 0. The van der Waals surface area contributed by atoms with Crippen LogP contribution in [0.4, 0.5) is 0 Å². The van der Waals surface area contributed by atoms with Crippen LogP contribution in [0.25, 0.3) is 0 Å². The normalized spacial score (nSPS) is 31.1. The first-order valence-electron chi connectivity index (χ1n) is 5.51. The van der Waals surface area contributed by atoms with Gasteiger partial charge in [-0.25, -0.2) is 0 Å². The maximum absolute atomic E-state index is 10.6. The van der Waals surface area contributed by atoms with Crippen LogP contribution in [0.5, 0.6) is 0 Å². The third kappa shape index (κ3) is 1.85. The van der Waals surface area contributed by atoms with Gasteiger partial charge in [-0.1, -0.05) is 6.92 Å². The van der Waals surface area contributed by atoms with Crippen LogP contribution in [0, 0.1) is 5.92 Å². The average molecular weight is 273 g/mol. The molecular formula is C11H17BrN2O. The number of rotatable bonds is 2. The van der Waals surface area contributed by atoms with E-state index in [1.54, 1.807) is 6.20 Å². The van der Waals surface area contributed by atoms with Crippen LogP contribution in [0.15, 0.2) is 10.7 Å². The van der Waals surface area contributed by atoms with Crippen molar-refractivity contribution in [3.05, 3.63) is 16.4 Å². The summed E-state index contributed by atoms with van der Waals surface area (Å²) in [5, 5.41) is 14.9. The number of aliphatic hydroxyl groups is 1. The SMILES string of the molecule is CCn1ncc(Br)c1C1(O)CCC(C)C1. The summed E-state index contributed by atoms with van der Waals surface area (Å²) in [7, 11) is 0. The van der Waals surface area contributed by atoms with Crippen LogP contribution in [-0.4, -0.2) is 14.9 Å². The molecule has 2 unspecified atom stereocenters. The highest BCUT2D eigenvalue weighted by Gasteiger charge is 2.40. The Balaban J connectivity index is 2.39. The highest BCUT2D eigenvalue weighted by Crippen LogP contribution is 2.44. The molecule has 0 amide bonds. The Hall–Kier alpha value is -0.350. The highest BCUT2D eigenvalue weighted by atomic mass is 79.9. The quantitative estimate of drug-likeness (QED) is 0.899. The van der Waals surface area contributed by atoms with Gasteiger partial charge < -0.3 is 5.11 Å². The first-order chi connectivity index (χ1) is 7.07. The van der Waals surface area contributed by atoms with Gasteiger partial charge in [0.05, 0.1) is 16.4 Å². The topological polar surface area (TPSA) is 38.0 Å². The minimum absolute atomic E-state index is 0.599. The molecule has 1 aliphatic rings. The van der Waals surface area contributed by atoms with Crippen molar-refractivity contribution in [2.75, 3.05) is 0 Å². The molecule has 1 aromatic rings. The second kappa shape index (κ2) is 3.91. The summed E-state index contributed by atoms with van der Waals surface area (Å²) in [6.45, 7) is 5.04. The van der Waals surface area contributed by atoms with Crippen LogP contribution < -0.4 is 0 Å². The monoisotopic (exact) mass is 272 g/mol. The molecule has 1 heterocycles. The van der Waals surface area contributed by atoms with Crippen LogP contribution in [-0.2, 0) is 12.1 Å². The van der Waals surface area contributed by atoms with E-state index in [0.717, 1.165) is 36.0 Å². The molecule has 84 valence electrons. The Labute approximate surface area is 98.6 Å². The van der Waals surface area contributed by atoms with Crippen molar-refractivity contribution < 1.29 is 5.11 Å². The molecule has 0 spiro atoms. The molecule has 1 aliphatic carbocycles. The van der Waals surface area contributed by atoms with Crippen molar-refractivity contribution in [3.63, 3.8) is 0 Å². The number of hydrogen-bond donors (Lipinski definition) is 1. The molecule has 0 aromatic carbocycles. The van der Waals surface area contributed by atoms with Gasteiger partial charge in [0.1, 0.15) is 5.60 Å². The summed E-state index contributed by atoms with van der Waals surface area (Å²) >= 11 is 3.48. The number of hydrogen-bond acceptors (Lipinski definition) is 2. The van der Waals surface area contributed by atoms with Gasteiger partial charge in [-0.3, -0.25) is 4.68 Å². The van der Waals surface area contributed by atoms with Crippen molar-refractivity contribution in [2.45, 2.75) is 45.3 Å². The van der Waals surface area contributed by atoms with Gasteiger partial charge in [-0.2, -0.15) is 5.10 Å². The number of aromatic nitrogens is 2. The van der Waals surface area contributed by atoms with Gasteiger partial charge in [-0.05, 0) is 48.0 Å². The van der Waals surface area contributed by atoms with Crippen molar-refractivity contribution in [2.24, 2.45) is 5.92 Å². The summed E-state index contributed by atoms with van der Waals surface area (Å²) in [4.78, 5) is 0. The third-order valence-corrected chi connectivity index (χ3v) is 3.85. The Kier molecular flexibility index (Phi) is 2.90. The number of halogens is 1. The fourth-order valence-electron chi connectivity index (χ4n) is 2.55. The molecule has 4 heteroatoms. The minimum atomic E-state index is -0.676. The van der Waals surface area contributed by atoms with Crippen molar-refractivity contribution >= 4 is 15.9 Å². The molecule has 0 aliphatic heterocycles. The van der Waals surface area contributed by atoms with E-state index in [0.29, 0.717) is 5.92 Å². The molecule has 2 rings (SSSR count). The van der Waals surface area contributed by atoms with E-state index in [1.807, 2.05) is 11.6 Å². The van der Waals surface area contributed by atoms with Gasteiger partial charge in [0, 0.05) is 6.54 Å². The molecule has 1 N–H and O–H groups in total. The highest BCUT2D eigenvalue weighted by molar-refractivity contribution is 9.10. The first kappa shape index (κ1) is 11.1. The predicted octanol–water partition coefficient (Wildman–Crippen LogP) is 2.67. The minimum Gasteiger partial charge on any atom is -0.384 e.